The SMILES string of the molecule is CCCn1ccnc1-c1ccccc1C. The lowest BCUT2D eigenvalue weighted by Crippen LogP contribution is -1.99. The topological polar surface area (TPSA) is 17.8 Å². The molecule has 0 N–H and O–H groups in total. The lowest BCUT2D eigenvalue weighted by molar-refractivity contribution is 0.685. The third kappa shape index (κ3) is 1.94. The molecule has 0 atom stereocenters. The zero-order valence-electron chi connectivity index (χ0n) is 9.27. The van der Waals surface area contributed by atoms with Gasteiger partial charge in [-0.25, -0.2) is 4.98 Å². The van der Waals surface area contributed by atoms with Gasteiger partial charge in [-0.05, 0) is 18.9 Å². The Morgan fingerprint density at radius 3 is 2.80 bits per heavy atom. The van der Waals surface area contributed by atoms with Crippen molar-refractivity contribution in [1.82, 2.24) is 9.55 Å². The van der Waals surface area contributed by atoms with E-state index >= 15 is 0 Å². The molecule has 78 valence electrons. The predicted octanol–water partition coefficient (Wildman–Crippen LogP) is 3.27. The van der Waals surface area contributed by atoms with Gasteiger partial charge >= 0.3 is 0 Å². The van der Waals surface area contributed by atoms with Crippen molar-refractivity contribution >= 4 is 0 Å². The van der Waals surface area contributed by atoms with Gasteiger partial charge in [-0.1, -0.05) is 31.2 Å². The van der Waals surface area contributed by atoms with E-state index in [1.54, 1.807) is 0 Å². The summed E-state index contributed by atoms with van der Waals surface area (Å²) in [7, 11) is 0. The minimum Gasteiger partial charge on any atom is -0.331 e. The molecule has 1 heterocycles. The Hall–Kier alpha value is -1.57. The molecule has 0 amide bonds. The zero-order valence-corrected chi connectivity index (χ0v) is 9.27. The Bertz CT molecular complexity index is 443. The molecule has 0 spiro atoms. The monoisotopic (exact) mass is 200 g/mol. The minimum absolute atomic E-state index is 1.03. The summed E-state index contributed by atoms with van der Waals surface area (Å²) in [5.74, 6) is 1.08. The van der Waals surface area contributed by atoms with E-state index in [-0.39, 0.29) is 0 Å². The summed E-state index contributed by atoms with van der Waals surface area (Å²) in [6.07, 6.45) is 5.05. The lowest BCUT2D eigenvalue weighted by Gasteiger charge is -2.08. The molecule has 0 saturated carbocycles. The van der Waals surface area contributed by atoms with E-state index in [0.29, 0.717) is 0 Å². The summed E-state index contributed by atoms with van der Waals surface area (Å²) in [5.41, 5.74) is 2.51. The maximum Gasteiger partial charge on any atom is 0.140 e. The van der Waals surface area contributed by atoms with Gasteiger partial charge in [0.1, 0.15) is 5.82 Å². The van der Waals surface area contributed by atoms with Crippen molar-refractivity contribution in [3.8, 4) is 11.4 Å². The van der Waals surface area contributed by atoms with Crippen molar-refractivity contribution in [3.05, 3.63) is 42.2 Å². The highest BCUT2D eigenvalue weighted by Gasteiger charge is 2.06. The maximum atomic E-state index is 4.43. The van der Waals surface area contributed by atoms with E-state index in [0.717, 1.165) is 18.8 Å². The molecule has 0 unspecified atom stereocenters. The van der Waals surface area contributed by atoms with E-state index in [1.807, 2.05) is 12.4 Å². The number of nitrogens with zero attached hydrogens (tertiary/aromatic N) is 2. The Labute approximate surface area is 90.6 Å². The van der Waals surface area contributed by atoms with Crippen LogP contribution in [0.25, 0.3) is 11.4 Å². The first-order valence-corrected chi connectivity index (χ1v) is 5.40. The van der Waals surface area contributed by atoms with Crippen molar-refractivity contribution in [1.29, 1.82) is 0 Å². The quantitative estimate of drug-likeness (QED) is 0.743. The van der Waals surface area contributed by atoms with E-state index in [4.69, 9.17) is 0 Å². The average molecular weight is 200 g/mol. The molecule has 15 heavy (non-hydrogen) atoms. The van der Waals surface area contributed by atoms with Crippen LogP contribution in [-0.2, 0) is 6.54 Å². The van der Waals surface area contributed by atoms with Crippen LogP contribution in [0.15, 0.2) is 36.7 Å². The second-order valence-electron chi connectivity index (χ2n) is 3.76. The molecular formula is C13H16N2. The molecule has 0 aliphatic heterocycles. The van der Waals surface area contributed by atoms with Crippen LogP contribution in [0.5, 0.6) is 0 Å². The number of hydrogen-bond acceptors (Lipinski definition) is 1. The fourth-order valence-corrected chi connectivity index (χ4v) is 1.80. The minimum atomic E-state index is 1.03. The number of hydrogen-bond donors (Lipinski definition) is 0. The molecule has 0 bridgehead atoms. The summed E-state index contributed by atoms with van der Waals surface area (Å²) in [6.45, 7) is 5.34. The molecule has 0 fully saturated rings. The summed E-state index contributed by atoms with van der Waals surface area (Å²) in [5, 5.41) is 0. The average Bonchev–Trinajstić information content (AvgIpc) is 2.67. The van der Waals surface area contributed by atoms with Gasteiger partial charge in [0.15, 0.2) is 0 Å². The van der Waals surface area contributed by atoms with Crippen molar-refractivity contribution in [3.63, 3.8) is 0 Å². The first kappa shape index (κ1) is 9.97. The van der Waals surface area contributed by atoms with Gasteiger partial charge in [0.25, 0.3) is 0 Å². The third-order valence-corrected chi connectivity index (χ3v) is 2.57. The smallest absolute Gasteiger partial charge is 0.140 e. The number of aromatic nitrogens is 2. The van der Waals surface area contributed by atoms with Crippen molar-refractivity contribution in [2.75, 3.05) is 0 Å². The van der Waals surface area contributed by atoms with Gasteiger partial charge < -0.3 is 4.57 Å². The van der Waals surface area contributed by atoms with E-state index in [1.165, 1.54) is 11.1 Å². The molecule has 2 rings (SSSR count). The van der Waals surface area contributed by atoms with Gasteiger partial charge in [0, 0.05) is 24.5 Å². The summed E-state index contributed by atoms with van der Waals surface area (Å²) >= 11 is 0. The van der Waals surface area contributed by atoms with Crippen LogP contribution in [0.2, 0.25) is 0 Å². The normalized spacial score (nSPS) is 10.5. The van der Waals surface area contributed by atoms with Crippen LogP contribution < -0.4 is 0 Å². The number of benzene rings is 1. The molecule has 2 aromatic rings. The van der Waals surface area contributed by atoms with Gasteiger partial charge in [-0.3, -0.25) is 0 Å². The molecular weight excluding hydrogens is 184 g/mol. The number of aryl methyl sites for hydroxylation is 2. The first-order chi connectivity index (χ1) is 7.33. The predicted molar refractivity (Wildman–Crippen MR) is 62.7 cm³/mol. The number of rotatable bonds is 3. The summed E-state index contributed by atoms with van der Waals surface area (Å²) in [6, 6.07) is 8.38. The van der Waals surface area contributed by atoms with E-state index in [9.17, 15) is 0 Å². The Kier molecular flexibility index (Phi) is 2.86. The van der Waals surface area contributed by atoms with Crippen molar-refractivity contribution < 1.29 is 0 Å². The van der Waals surface area contributed by atoms with Gasteiger partial charge in [0.2, 0.25) is 0 Å². The number of imidazole rings is 1. The van der Waals surface area contributed by atoms with E-state index < -0.39 is 0 Å². The fourth-order valence-electron chi connectivity index (χ4n) is 1.80. The van der Waals surface area contributed by atoms with Crippen LogP contribution >= 0.6 is 0 Å². The molecule has 0 aliphatic carbocycles. The Morgan fingerprint density at radius 1 is 1.27 bits per heavy atom. The van der Waals surface area contributed by atoms with Crippen molar-refractivity contribution in [2.45, 2.75) is 26.8 Å². The standard InChI is InChI=1S/C13H16N2/c1-3-9-15-10-8-14-13(15)12-7-5-4-6-11(12)2/h4-8,10H,3,9H2,1-2H3. The lowest BCUT2D eigenvalue weighted by atomic mass is 10.1. The first-order valence-electron chi connectivity index (χ1n) is 5.40. The zero-order chi connectivity index (χ0) is 10.7. The highest BCUT2D eigenvalue weighted by molar-refractivity contribution is 5.60. The molecule has 0 saturated heterocycles. The third-order valence-electron chi connectivity index (χ3n) is 2.57. The van der Waals surface area contributed by atoms with E-state index in [2.05, 4.69) is 47.7 Å². The molecule has 0 aliphatic rings. The second kappa shape index (κ2) is 4.30. The van der Waals surface area contributed by atoms with Crippen LogP contribution in [0.1, 0.15) is 18.9 Å². The van der Waals surface area contributed by atoms with Crippen LogP contribution in [0.3, 0.4) is 0 Å². The van der Waals surface area contributed by atoms with Crippen molar-refractivity contribution in [2.24, 2.45) is 0 Å². The summed E-state index contributed by atoms with van der Waals surface area (Å²) < 4.78 is 2.21. The maximum absolute atomic E-state index is 4.43. The Morgan fingerprint density at radius 2 is 2.07 bits per heavy atom. The highest BCUT2D eigenvalue weighted by atomic mass is 15.1. The molecule has 2 nitrogen and oxygen atoms in total. The largest absolute Gasteiger partial charge is 0.331 e. The molecule has 0 radical (unpaired) electrons. The summed E-state index contributed by atoms with van der Waals surface area (Å²) in [4.78, 5) is 4.43. The second-order valence-corrected chi connectivity index (χ2v) is 3.76. The van der Waals surface area contributed by atoms with Crippen LogP contribution in [-0.4, -0.2) is 9.55 Å². The van der Waals surface area contributed by atoms with Crippen LogP contribution in [0, 0.1) is 6.92 Å². The molecule has 2 heteroatoms. The Balaban J connectivity index is 2.45. The van der Waals surface area contributed by atoms with Crippen LogP contribution in [0.4, 0.5) is 0 Å². The van der Waals surface area contributed by atoms with Gasteiger partial charge in [-0.2, -0.15) is 0 Å². The van der Waals surface area contributed by atoms with Gasteiger partial charge in [-0.15, -0.1) is 0 Å². The molecule has 1 aromatic carbocycles. The van der Waals surface area contributed by atoms with Gasteiger partial charge in [0.05, 0.1) is 0 Å². The highest BCUT2D eigenvalue weighted by Crippen LogP contribution is 2.21. The fraction of sp³-hybridized carbons (Fsp3) is 0.308. The molecule has 1 aromatic heterocycles.